The van der Waals surface area contributed by atoms with E-state index in [9.17, 15) is 0 Å². The average molecular weight is 217 g/mol. The van der Waals surface area contributed by atoms with Gasteiger partial charge in [-0.3, -0.25) is 4.98 Å². The van der Waals surface area contributed by atoms with Crippen LogP contribution in [0.5, 0.6) is 11.8 Å². The van der Waals surface area contributed by atoms with Crippen LogP contribution in [0.15, 0.2) is 36.9 Å². The van der Waals surface area contributed by atoms with E-state index >= 15 is 0 Å². The fourth-order valence-electron chi connectivity index (χ4n) is 1.15. The van der Waals surface area contributed by atoms with Crippen molar-refractivity contribution in [2.24, 2.45) is 0 Å². The first-order valence-corrected chi connectivity index (χ1v) is 4.76. The number of pyridine rings is 1. The molecule has 0 atom stereocenters. The van der Waals surface area contributed by atoms with Crippen LogP contribution in [0, 0.1) is 0 Å². The molecule has 0 spiro atoms. The quantitative estimate of drug-likeness (QED) is 0.776. The summed E-state index contributed by atoms with van der Waals surface area (Å²) in [5, 5.41) is 0. The van der Waals surface area contributed by atoms with E-state index in [0.717, 1.165) is 5.56 Å². The van der Waals surface area contributed by atoms with Crippen molar-refractivity contribution in [3.63, 3.8) is 0 Å². The third kappa shape index (κ3) is 2.66. The summed E-state index contributed by atoms with van der Waals surface area (Å²) in [6.07, 6.45) is 4.85. The topological polar surface area (TPSA) is 57.1 Å². The van der Waals surface area contributed by atoms with E-state index in [1.54, 1.807) is 25.6 Å². The lowest BCUT2D eigenvalue weighted by atomic mass is 10.3. The average Bonchev–Trinajstić information content (AvgIpc) is 2.38. The molecule has 0 fully saturated rings. The lowest BCUT2D eigenvalue weighted by molar-refractivity contribution is 0.289. The molecule has 16 heavy (non-hydrogen) atoms. The molecule has 0 saturated carbocycles. The maximum atomic E-state index is 5.48. The molecular weight excluding hydrogens is 206 g/mol. The lowest BCUT2D eigenvalue weighted by Crippen LogP contribution is -1.98. The zero-order valence-electron chi connectivity index (χ0n) is 8.83. The molecule has 5 nitrogen and oxygen atoms in total. The van der Waals surface area contributed by atoms with Crippen LogP contribution in [0.3, 0.4) is 0 Å². The van der Waals surface area contributed by atoms with Crippen molar-refractivity contribution in [1.29, 1.82) is 0 Å². The van der Waals surface area contributed by atoms with Crippen LogP contribution in [0.4, 0.5) is 0 Å². The number of rotatable bonds is 4. The molecule has 2 rings (SSSR count). The Bertz CT molecular complexity index is 448. The van der Waals surface area contributed by atoms with Crippen molar-refractivity contribution in [2.45, 2.75) is 6.61 Å². The summed E-state index contributed by atoms with van der Waals surface area (Å²) in [6.45, 7) is 0.447. The number of aromatic nitrogens is 3. The molecule has 0 amide bonds. The molecular formula is C11H11N3O2. The molecule has 0 aromatic carbocycles. The van der Waals surface area contributed by atoms with Crippen LogP contribution < -0.4 is 9.47 Å². The summed E-state index contributed by atoms with van der Waals surface area (Å²) in [5.41, 5.74) is 1.03. The molecule has 2 aromatic rings. The Hall–Kier alpha value is -2.17. The van der Waals surface area contributed by atoms with Crippen molar-refractivity contribution in [1.82, 2.24) is 15.0 Å². The predicted molar refractivity (Wildman–Crippen MR) is 57.2 cm³/mol. The third-order valence-corrected chi connectivity index (χ3v) is 1.96. The van der Waals surface area contributed by atoms with E-state index in [-0.39, 0.29) is 0 Å². The Kier molecular flexibility index (Phi) is 3.28. The third-order valence-electron chi connectivity index (χ3n) is 1.96. The van der Waals surface area contributed by atoms with Crippen LogP contribution in [-0.2, 0) is 6.61 Å². The monoisotopic (exact) mass is 217 g/mol. The van der Waals surface area contributed by atoms with Gasteiger partial charge in [-0.25, -0.2) is 9.97 Å². The lowest BCUT2D eigenvalue weighted by Gasteiger charge is -2.05. The van der Waals surface area contributed by atoms with Crippen LogP contribution in [0.25, 0.3) is 0 Å². The highest BCUT2D eigenvalue weighted by atomic mass is 16.5. The van der Waals surface area contributed by atoms with Crippen LogP contribution in [-0.4, -0.2) is 22.1 Å². The molecule has 5 heteroatoms. The highest BCUT2D eigenvalue weighted by Gasteiger charge is 1.99. The number of hydrogen-bond acceptors (Lipinski definition) is 5. The van der Waals surface area contributed by atoms with Crippen molar-refractivity contribution < 1.29 is 9.47 Å². The summed E-state index contributed by atoms with van der Waals surface area (Å²) < 4.78 is 10.4. The van der Waals surface area contributed by atoms with Gasteiger partial charge in [0.1, 0.15) is 12.9 Å². The molecule has 0 aliphatic carbocycles. The van der Waals surface area contributed by atoms with Gasteiger partial charge in [-0.05, 0) is 17.7 Å². The zero-order valence-corrected chi connectivity index (χ0v) is 8.83. The molecule has 0 saturated heterocycles. The second kappa shape index (κ2) is 5.06. The highest BCUT2D eigenvalue weighted by Crippen LogP contribution is 2.13. The Balaban J connectivity index is 1.99. The van der Waals surface area contributed by atoms with Gasteiger partial charge in [-0.1, -0.05) is 0 Å². The zero-order chi connectivity index (χ0) is 11.2. The summed E-state index contributed by atoms with van der Waals surface area (Å²) in [7, 11) is 1.55. The molecule has 0 bridgehead atoms. The summed E-state index contributed by atoms with van der Waals surface area (Å²) >= 11 is 0. The van der Waals surface area contributed by atoms with Crippen molar-refractivity contribution in [2.75, 3.05) is 7.11 Å². The minimum atomic E-state index is 0.447. The standard InChI is InChI=1S/C11H11N3O2/c1-15-10-6-11(14-8-13-10)16-7-9-2-4-12-5-3-9/h2-6,8H,7H2,1H3. The van der Waals surface area contributed by atoms with Gasteiger partial charge in [-0.15, -0.1) is 0 Å². The van der Waals surface area contributed by atoms with Gasteiger partial charge >= 0.3 is 0 Å². The molecule has 2 aromatic heterocycles. The molecule has 2 heterocycles. The minimum absolute atomic E-state index is 0.447. The fraction of sp³-hybridized carbons (Fsp3) is 0.182. The van der Waals surface area contributed by atoms with Gasteiger partial charge in [0.15, 0.2) is 0 Å². The van der Waals surface area contributed by atoms with Gasteiger partial charge in [0.25, 0.3) is 0 Å². The minimum Gasteiger partial charge on any atom is -0.481 e. The second-order valence-corrected chi connectivity index (χ2v) is 3.04. The fourth-order valence-corrected chi connectivity index (χ4v) is 1.15. The molecule has 0 aliphatic heterocycles. The van der Waals surface area contributed by atoms with Gasteiger partial charge < -0.3 is 9.47 Å². The first kappa shape index (κ1) is 10.4. The maximum Gasteiger partial charge on any atom is 0.220 e. The first-order valence-electron chi connectivity index (χ1n) is 4.76. The van der Waals surface area contributed by atoms with Crippen molar-refractivity contribution in [3.05, 3.63) is 42.5 Å². The van der Waals surface area contributed by atoms with Crippen LogP contribution in [0.1, 0.15) is 5.56 Å². The Morgan fingerprint density at radius 1 is 1.12 bits per heavy atom. The van der Waals surface area contributed by atoms with E-state index in [0.29, 0.717) is 18.4 Å². The van der Waals surface area contributed by atoms with Crippen LogP contribution >= 0.6 is 0 Å². The van der Waals surface area contributed by atoms with Gasteiger partial charge in [-0.2, -0.15) is 0 Å². The molecule has 82 valence electrons. The number of hydrogen-bond donors (Lipinski definition) is 0. The molecule has 0 aliphatic rings. The van der Waals surface area contributed by atoms with Crippen molar-refractivity contribution >= 4 is 0 Å². The Labute approximate surface area is 93.1 Å². The van der Waals surface area contributed by atoms with Gasteiger partial charge in [0, 0.05) is 12.4 Å². The number of methoxy groups -OCH3 is 1. The molecule has 0 radical (unpaired) electrons. The maximum absolute atomic E-state index is 5.48. The van der Waals surface area contributed by atoms with Crippen molar-refractivity contribution in [3.8, 4) is 11.8 Å². The SMILES string of the molecule is COc1cc(OCc2ccncc2)ncn1. The summed E-state index contributed by atoms with van der Waals surface area (Å²) in [4.78, 5) is 11.8. The van der Waals surface area contributed by atoms with Crippen LogP contribution in [0.2, 0.25) is 0 Å². The normalized spacial score (nSPS) is 9.81. The Morgan fingerprint density at radius 3 is 2.62 bits per heavy atom. The van der Waals surface area contributed by atoms with Gasteiger partial charge in [0.2, 0.25) is 11.8 Å². The van der Waals surface area contributed by atoms with E-state index < -0.39 is 0 Å². The van der Waals surface area contributed by atoms with Gasteiger partial charge in [0.05, 0.1) is 13.2 Å². The summed E-state index contributed by atoms with van der Waals surface area (Å²) in [6, 6.07) is 5.41. The first-order chi connectivity index (χ1) is 7.88. The highest BCUT2D eigenvalue weighted by molar-refractivity contribution is 5.18. The molecule has 0 N–H and O–H groups in total. The predicted octanol–water partition coefficient (Wildman–Crippen LogP) is 1.46. The van der Waals surface area contributed by atoms with E-state index in [4.69, 9.17) is 9.47 Å². The number of nitrogens with zero attached hydrogens (tertiary/aromatic N) is 3. The molecule has 0 unspecified atom stereocenters. The summed E-state index contributed by atoms with van der Waals surface area (Å²) in [5.74, 6) is 0.975. The Morgan fingerprint density at radius 2 is 1.88 bits per heavy atom. The van der Waals surface area contributed by atoms with E-state index in [1.165, 1.54) is 6.33 Å². The smallest absolute Gasteiger partial charge is 0.220 e. The largest absolute Gasteiger partial charge is 0.481 e. The van der Waals surface area contributed by atoms with E-state index in [2.05, 4.69) is 15.0 Å². The number of ether oxygens (including phenoxy) is 2. The van der Waals surface area contributed by atoms with E-state index in [1.807, 2.05) is 12.1 Å². The second-order valence-electron chi connectivity index (χ2n) is 3.04.